The Morgan fingerprint density at radius 2 is 2.05 bits per heavy atom. The average Bonchev–Trinajstić information content (AvgIpc) is 2.36. The fourth-order valence-corrected chi connectivity index (χ4v) is 3.48. The summed E-state index contributed by atoms with van der Waals surface area (Å²) < 4.78 is 26.5. The molecule has 10 heteroatoms. The van der Waals surface area contributed by atoms with Gasteiger partial charge in [-0.1, -0.05) is 25.4 Å². The van der Waals surface area contributed by atoms with Crippen molar-refractivity contribution in [1.82, 2.24) is 4.72 Å². The van der Waals surface area contributed by atoms with Gasteiger partial charge in [-0.15, -0.1) is 0 Å². The summed E-state index contributed by atoms with van der Waals surface area (Å²) in [5.41, 5.74) is -0.360. The number of carboxylic acid groups (broad SMARTS) is 1. The molecule has 22 heavy (non-hydrogen) atoms. The third-order valence-electron chi connectivity index (χ3n) is 2.72. The molecule has 1 rings (SSSR count). The molecule has 1 aromatic rings. The lowest BCUT2D eigenvalue weighted by molar-refractivity contribution is -0.384. The number of benzene rings is 1. The Morgan fingerprint density at radius 1 is 1.45 bits per heavy atom. The van der Waals surface area contributed by atoms with Crippen LogP contribution in [0.4, 0.5) is 5.69 Å². The number of nitrogens with one attached hydrogen (secondary N) is 1. The molecule has 0 aromatic heterocycles. The van der Waals surface area contributed by atoms with E-state index in [1.807, 2.05) is 4.72 Å². The number of non-ortho nitro benzene ring substituents is 1. The maximum absolute atomic E-state index is 12.2. The Morgan fingerprint density at radius 3 is 2.45 bits per heavy atom. The topological polar surface area (TPSA) is 127 Å². The van der Waals surface area contributed by atoms with Crippen LogP contribution in [0.25, 0.3) is 0 Å². The molecule has 0 spiro atoms. The van der Waals surface area contributed by atoms with Crippen LogP contribution in [0.2, 0.25) is 5.02 Å². The summed E-state index contributed by atoms with van der Waals surface area (Å²) in [6, 6.07) is 1.54. The van der Waals surface area contributed by atoms with E-state index in [1.54, 1.807) is 13.8 Å². The van der Waals surface area contributed by atoms with Crippen LogP contribution in [0.5, 0.6) is 0 Å². The van der Waals surface area contributed by atoms with E-state index in [9.17, 15) is 23.3 Å². The summed E-state index contributed by atoms with van der Waals surface area (Å²) in [5, 5.41) is 19.3. The molecule has 8 nitrogen and oxygen atoms in total. The third kappa shape index (κ3) is 4.65. The van der Waals surface area contributed by atoms with Crippen LogP contribution in [-0.4, -0.2) is 30.5 Å². The van der Waals surface area contributed by atoms with Crippen LogP contribution < -0.4 is 4.72 Å². The summed E-state index contributed by atoms with van der Waals surface area (Å²) in [7, 11) is -4.21. The van der Waals surface area contributed by atoms with Gasteiger partial charge in [0.1, 0.15) is 10.9 Å². The molecule has 122 valence electrons. The van der Waals surface area contributed by atoms with Gasteiger partial charge in [-0.3, -0.25) is 14.9 Å². The minimum atomic E-state index is -4.21. The summed E-state index contributed by atoms with van der Waals surface area (Å²) in [5.74, 6) is -1.36. The number of rotatable bonds is 7. The molecule has 2 N–H and O–H groups in total. The zero-order valence-corrected chi connectivity index (χ0v) is 13.4. The van der Waals surface area contributed by atoms with E-state index in [1.165, 1.54) is 0 Å². The summed E-state index contributed by atoms with van der Waals surface area (Å²) in [4.78, 5) is 20.6. The standard InChI is InChI=1S/C12H15ClN2O6S/c1-7(2)5-10(12(16)17)14-22(20,21)11-4-3-8(15(18)19)6-9(11)13/h3-4,6-7,10,14H,5H2,1-2H3,(H,16,17)/t10-/m1/s1. The summed E-state index contributed by atoms with van der Waals surface area (Å²) in [6.07, 6.45) is 0.0964. The first-order chi connectivity index (χ1) is 10.0. The first-order valence-corrected chi connectivity index (χ1v) is 8.09. The van der Waals surface area contributed by atoms with E-state index in [2.05, 4.69) is 0 Å². The van der Waals surface area contributed by atoms with Crippen LogP contribution in [0, 0.1) is 16.0 Å². The predicted molar refractivity (Wildman–Crippen MR) is 79.3 cm³/mol. The second-order valence-electron chi connectivity index (χ2n) is 5.01. The molecule has 0 saturated carbocycles. The van der Waals surface area contributed by atoms with Crippen LogP contribution >= 0.6 is 11.6 Å². The van der Waals surface area contributed by atoms with Crippen molar-refractivity contribution in [2.24, 2.45) is 5.92 Å². The number of carboxylic acids is 1. The zero-order chi connectivity index (χ0) is 17.1. The van der Waals surface area contributed by atoms with Crippen molar-refractivity contribution < 1.29 is 23.2 Å². The van der Waals surface area contributed by atoms with E-state index in [4.69, 9.17) is 16.7 Å². The van der Waals surface area contributed by atoms with Crippen molar-refractivity contribution in [3.05, 3.63) is 33.3 Å². The highest BCUT2D eigenvalue weighted by Gasteiger charge is 2.28. The minimum absolute atomic E-state index is 0.0452. The Kier molecular flexibility index (Phi) is 5.86. The van der Waals surface area contributed by atoms with Gasteiger partial charge in [0.15, 0.2) is 0 Å². The van der Waals surface area contributed by atoms with Gasteiger partial charge in [0.05, 0.1) is 9.95 Å². The molecule has 0 radical (unpaired) electrons. The SMILES string of the molecule is CC(C)C[C@@H](NS(=O)(=O)c1ccc([N+](=O)[O-])cc1Cl)C(=O)O. The minimum Gasteiger partial charge on any atom is -0.480 e. The molecule has 0 heterocycles. The molecule has 1 aromatic carbocycles. The molecule has 0 bridgehead atoms. The van der Waals surface area contributed by atoms with Crippen molar-refractivity contribution in [3.63, 3.8) is 0 Å². The summed E-state index contributed by atoms with van der Waals surface area (Å²) in [6.45, 7) is 3.51. The molecule has 0 aliphatic carbocycles. The molecule has 0 fully saturated rings. The normalized spacial score (nSPS) is 13.1. The smallest absolute Gasteiger partial charge is 0.321 e. The fraction of sp³-hybridized carbons (Fsp3) is 0.417. The second kappa shape index (κ2) is 7.03. The van der Waals surface area contributed by atoms with Gasteiger partial charge in [0.2, 0.25) is 10.0 Å². The predicted octanol–water partition coefficient (Wildman–Crippen LogP) is 2.03. The first-order valence-electron chi connectivity index (χ1n) is 6.23. The number of nitrogens with zero attached hydrogens (tertiary/aromatic N) is 1. The molecular formula is C12H15ClN2O6S. The van der Waals surface area contributed by atoms with E-state index in [0.717, 1.165) is 18.2 Å². The van der Waals surface area contributed by atoms with Crippen LogP contribution in [0.1, 0.15) is 20.3 Å². The Balaban J connectivity index is 3.13. The lowest BCUT2D eigenvalue weighted by Gasteiger charge is -2.17. The Hall–Kier alpha value is -1.71. The first kappa shape index (κ1) is 18.3. The van der Waals surface area contributed by atoms with Gasteiger partial charge >= 0.3 is 5.97 Å². The number of carbonyl (C=O) groups is 1. The number of halogens is 1. The van der Waals surface area contributed by atoms with Crippen molar-refractivity contribution in [1.29, 1.82) is 0 Å². The van der Waals surface area contributed by atoms with Gasteiger partial charge in [0, 0.05) is 12.1 Å². The maximum Gasteiger partial charge on any atom is 0.321 e. The zero-order valence-electron chi connectivity index (χ0n) is 11.8. The molecule has 0 aliphatic heterocycles. The fourth-order valence-electron chi connectivity index (χ4n) is 1.74. The van der Waals surface area contributed by atoms with E-state index in [-0.39, 0.29) is 23.0 Å². The van der Waals surface area contributed by atoms with Crippen molar-refractivity contribution in [2.45, 2.75) is 31.2 Å². The van der Waals surface area contributed by atoms with Gasteiger partial charge in [-0.2, -0.15) is 4.72 Å². The molecule has 0 aliphatic rings. The molecular weight excluding hydrogens is 336 g/mol. The van der Waals surface area contributed by atoms with Crippen molar-refractivity contribution >= 4 is 33.3 Å². The third-order valence-corrected chi connectivity index (χ3v) is 4.67. The number of nitro benzene ring substituents is 1. The van der Waals surface area contributed by atoms with E-state index < -0.39 is 31.9 Å². The lowest BCUT2D eigenvalue weighted by Crippen LogP contribution is -2.41. The average molecular weight is 351 g/mol. The highest BCUT2D eigenvalue weighted by molar-refractivity contribution is 7.89. The number of aliphatic carboxylic acids is 1. The van der Waals surface area contributed by atoms with Crippen LogP contribution in [0.15, 0.2) is 23.1 Å². The quantitative estimate of drug-likeness (QED) is 0.572. The number of hydrogen-bond donors (Lipinski definition) is 2. The second-order valence-corrected chi connectivity index (χ2v) is 7.10. The Labute approximate surface area is 132 Å². The molecule has 0 saturated heterocycles. The lowest BCUT2D eigenvalue weighted by atomic mass is 10.1. The number of sulfonamides is 1. The number of hydrogen-bond acceptors (Lipinski definition) is 5. The van der Waals surface area contributed by atoms with Gasteiger partial charge in [-0.05, 0) is 18.4 Å². The van der Waals surface area contributed by atoms with Gasteiger partial charge in [-0.25, -0.2) is 8.42 Å². The highest BCUT2D eigenvalue weighted by atomic mass is 35.5. The van der Waals surface area contributed by atoms with Crippen molar-refractivity contribution in [2.75, 3.05) is 0 Å². The summed E-state index contributed by atoms with van der Waals surface area (Å²) >= 11 is 5.76. The monoisotopic (exact) mass is 350 g/mol. The van der Waals surface area contributed by atoms with Crippen LogP contribution in [0.3, 0.4) is 0 Å². The van der Waals surface area contributed by atoms with Crippen LogP contribution in [-0.2, 0) is 14.8 Å². The van der Waals surface area contributed by atoms with E-state index in [0.29, 0.717) is 0 Å². The molecule has 0 unspecified atom stereocenters. The number of nitro groups is 1. The van der Waals surface area contributed by atoms with E-state index >= 15 is 0 Å². The maximum atomic E-state index is 12.2. The Bertz CT molecular complexity index is 689. The largest absolute Gasteiger partial charge is 0.480 e. The van der Waals surface area contributed by atoms with Gasteiger partial charge in [0.25, 0.3) is 5.69 Å². The molecule has 1 atom stereocenters. The van der Waals surface area contributed by atoms with Crippen molar-refractivity contribution in [3.8, 4) is 0 Å². The van der Waals surface area contributed by atoms with Gasteiger partial charge < -0.3 is 5.11 Å². The highest BCUT2D eigenvalue weighted by Crippen LogP contribution is 2.26. The molecule has 0 amide bonds.